The number of hydrogen-bond donors (Lipinski definition) is 3. The van der Waals surface area contributed by atoms with Crippen molar-refractivity contribution in [2.45, 2.75) is 25.4 Å². The van der Waals surface area contributed by atoms with Crippen LogP contribution in [0.25, 0.3) is 0 Å². The topological polar surface area (TPSA) is 102 Å². The molecule has 0 aromatic heterocycles. The van der Waals surface area contributed by atoms with Gasteiger partial charge >= 0.3 is 5.97 Å². The van der Waals surface area contributed by atoms with E-state index in [1.54, 1.807) is 6.92 Å². The fraction of sp³-hybridized carbons (Fsp3) is 0.778. The second kappa shape index (κ2) is 5.09. The lowest BCUT2D eigenvalue weighted by Crippen LogP contribution is -2.49. The number of ether oxygens (including phenoxy) is 1. The third kappa shape index (κ3) is 2.90. The van der Waals surface area contributed by atoms with Gasteiger partial charge < -0.3 is 20.9 Å². The minimum atomic E-state index is -0.956. The molecular weight excluding hydrogens is 200 g/mol. The van der Waals surface area contributed by atoms with E-state index in [9.17, 15) is 9.59 Å². The Morgan fingerprint density at radius 2 is 2.27 bits per heavy atom. The van der Waals surface area contributed by atoms with Gasteiger partial charge in [-0.15, -0.1) is 0 Å². The normalized spacial score (nSPS) is 27.3. The van der Waals surface area contributed by atoms with Gasteiger partial charge in [0.05, 0.1) is 25.3 Å². The Morgan fingerprint density at radius 1 is 1.60 bits per heavy atom. The number of nitrogens with one attached hydrogen (secondary N) is 1. The summed E-state index contributed by atoms with van der Waals surface area (Å²) in [6.07, 6.45) is 0.525. The van der Waals surface area contributed by atoms with Gasteiger partial charge in [-0.3, -0.25) is 9.59 Å². The summed E-state index contributed by atoms with van der Waals surface area (Å²) in [5, 5.41) is 11.4. The zero-order valence-electron chi connectivity index (χ0n) is 8.60. The van der Waals surface area contributed by atoms with E-state index in [-0.39, 0.29) is 19.1 Å². The Hall–Kier alpha value is -1.14. The van der Waals surface area contributed by atoms with Gasteiger partial charge in [-0.25, -0.2) is 0 Å². The van der Waals surface area contributed by atoms with Crippen LogP contribution < -0.4 is 11.1 Å². The number of rotatable bonds is 4. The van der Waals surface area contributed by atoms with Crippen LogP contribution in [0, 0.1) is 5.92 Å². The van der Waals surface area contributed by atoms with E-state index >= 15 is 0 Å². The number of carboxylic acids is 1. The highest BCUT2D eigenvalue weighted by Crippen LogP contribution is 2.13. The predicted octanol–water partition coefficient (Wildman–Crippen LogP) is -1.06. The number of nitrogens with two attached hydrogens (primary N) is 1. The Morgan fingerprint density at radius 3 is 2.80 bits per heavy atom. The molecule has 1 saturated heterocycles. The molecule has 86 valence electrons. The highest BCUT2D eigenvalue weighted by atomic mass is 16.5. The molecule has 0 aliphatic carbocycles. The third-order valence-electron chi connectivity index (χ3n) is 2.50. The molecule has 0 aromatic carbocycles. The summed E-state index contributed by atoms with van der Waals surface area (Å²) in [6, 6.07) is -1.05. The first-order valence-electron chi connectivity index (χ1n) is 4.92. The van der Waals surface area contributed by atoms with Crippen LogP contribution in [0.15, 0.2) is 0 Å². The van der Waals surface area contributed by atoms with Crippen LogP contribution in [0.2, 0.25) is 0 Å². The van der Waals surface area contributed by atoms with Crippen molar-refractivity contribution in [3.8, 4) is 0 Å². The van der Waals surface area contributed by atoms with Gasteiger partial charge in [0.1, 0.15) is 5.92 Å². The van der Waals surface area contributed by atoms with Crippen LogP contribution >= 0.6 is 0 Å². The number of carboxylic acid groups (broad SMARTS) is 1. The van der Waals surface area contributed by atoms with Crippen LogP contribution in [0.3, 0.4) is 0 Å². The Balaban J connectivity index is 2.50. The molecule has 0 spiro atoms. The van der Waals surface area contributed by atoms with E-state index in [0.717, 1.165) is 0 Å². The van der Waals surface area contributed by atoms with Crippen LogP contribution in [0.5, 0.6) is 0 Å². The number of carbonyl (C=O) groups excluding carboxylic acids is 1. The van der Waals surface area contributed by atoms with E-state index in [0.29, 0.717) is 6.42 Å². The number of aliphatic carboxylic acids is 1. The fourth-order valence-corrected chi connectivity index (χ4v) is 1.42. The van der Waals surface area contributed by atoms with Gasteiger partial charge in [0, 0.05) is 0 Å². The number of hydrogen-bond acceptors (Lipinski definition) is 4. The van der Waals surface area contributed by atoms with Gasteiger partial charge in [-0.1, -0.05) is 6.92 Å². The third-order valence-corrected chi connectivity index (χ3v) is 2.50. The molecule has 6 nitrogen and oxygen atoms in total. The SMILES string of the molecule is CCC(N)C(=O)NC1COCC1C(=O)O. The van der Waals surface area contributed by atoms with Gasteiger partial charge in [0.15, 0.2) is 0 Å². The zero-order chi connectivity index (χ0) is 11.4. The molecule has 15 heavy (non-hydrogen) atoms. The molecule has 1 rings (SSSR count). The molecule has 0 aromatic rings. The minimum Gasteiger partial charge on any atom is -0.481 e. The Bertz CT molecular complexity index is 256. The Labute approximate surface area is 87.8 Å². The van der Waals surface area contributed by atoms with Crippen molar-refractivity contribution in [2.75, 3.05) is 13.2 Å². The molecule has 4 N–H and O–H groups in total. The van der Waals surface area contributed by atoms with Crippen molar-refractivity contribution in [3.05, 3.63) is 0 Å². The molecule has 1 aliphatic heterocycles. The first kappa shape index (κ1) is 11.9. The number of carbonyl (C=O) groups is 2. The summed E-state index contributed by atoms with van der Waals surface area (Å²) < 4.78 is 5.01. The molecule has 3 unspecified atom stereocenters. The molecule has 6 heteroatoms. The largest absolute Gasteiger partial charge is 0.481 e. The molecular formula is C9H16N2O4. The van der Waals surface area contributed by atoms with Gasteiger partial charge in [0.2, 0.25) is 5.91 Å². The molecule has 1 amide bonds. The van der Waals surface area contributed by atoms with Gasteiger partial charge in [-0.2, -0.15) is 0 Å². The molecule has 1 heterocycles. The molecule has 0 saturated carbocycles. The predicted molar refractivity (Wildman–Crippen MR) is 52.1 cm³/mol. The van der Waals surface area contributed by atoms with Gasteiger partial charge in [-0.05, 0) is 6.42 Å². The monoisotopic (exact) mass is 216 g/mol. The summed E-state index contributed by atoms with van der Waals surface area (Å²) in [7, 11) is 0. The smallest absolute Gasteiger partial charge is 0.311 e. The summed E-state index contributed by atoms with van der Waals surface area (Å²) in [5.74, 6) is -1.94. The maximum absolute atomic E-state index is 11.4. The second-order valence-corrected chi connectivity index (χ2v) is 3.61. The highest BCUT2D eigenvalue weighted by Gasteiger charge is 2.35. The first-order valence-corrected chi connectivity index (χ1v) is 4.92. The lowest BCUT2D eigenvalue weighted by Gasteiger charge is -2.17. The fourth-order valence-electron chi connectivity index (χ4n) is 1.42. The summed E-state index contributed by atoms with van der Waals surface area (Å²) in [6.45, 7) is 2.17. The molecule has 0 bridgehead atoms. The highest BCUT2D eigenvalue weighted by molar-refractivity contribution is 5.82. The minimum absolute atomic E-state index is 0.141. The summed E-state index contributed by atoms with van der Waals surface area (Å²) in [4.78, 5) is 22.2. The molecule has 3 atom stereocenters. The van der Waals surface area contributed by atoms with E-state index in [1.165, 1.54) is 0 Å². The summed E-state index contributed by atoms with van der Waals surface area (Å²) in [5.41, 5.74) is 5.52. The number of amides is 1. The lowest BCUT2D eigenvalue weighted by molar-refractivity contribution is -0.142. The van der Waals surface area contributed by atoms with Crippen molar-refractivity contribution < 1.29 is 19.4 Å². The standard InChI is InChI=1S/C9H16N2O4/c1-2-6(10)8(12)11-7-4-15-3-5(7)9(13)14/h5-7H,2-4,10H2,1H3,(H,11,12)(H,13,14). The first-order chi connectivity index (χ1) is 7.06. The second-order valence-electron chi connectivity index (χ2n) is 3.61. The van der Waals surface area contributed by atoms with Crippen molar-refractivity contribution >= 4 is 11.9 Å². The van der Waals surface area contributed by atoms with Crippen molar-refractivity contribution in [3.63, 3.8) is 0 Å². The Kier molecular flexibility index (Phi) is 4.05. The zero-order valence-corrected chi connectivity index (χ0v) is 8.60. The van der Waals surface area contributed by atoms with Gasteiger partial charge in [0.25, 0.3) is 0 Å². The average Bonchev–Trinajstić information content (AvgIpc) is 2.64. The quantitative estimate of drug-likeness (QED) is 0.556. The molecule has 1 aliphatic rings. The van der Waals surface area contributed by atoms with Crippen molar-refractivity contribution in [2.24, 2.45) is 11.7 Å². The average molecular weight is 216 g/mol. The van der Waals surface area contributed by atoms with Crippen LogP contribution in [-0.2, 0) is 14.3 Å². The van der Waals surface area contributed by atoms with E-state index < -0.39 is 24.0 Å². The van der Waals surface area contributed by atoms with Crippen molar-refractivity contribution in [1.82, 2.24) is 5.32 Å². The summed E-state index contributed by atoms with van der Waals surface area (Å²) >= 11 is 0. The lowest BCUT2D eigenvalue weighted by atomic mass is 10.0. The molecule has 0 radical (unpaired) electrons. The van der Waals surface area contributed by atoms with E-state index in [1.807, 2.05) is 0 Å². The maximum atomic E-state index is 11.4. The van der Waals surface area contributed by atoms with Crippen LogP contribution in [-0.4, -0.2) is 42.3 Å². The van der Waals surface area contributed by atoms with Crippen LogP contribution in [0.1, 0.15) is 13.3 Å². The van der Waals surface area contributed by atoms with Crippen molar-refractivity contribution in [1.29, 1.82) is 0 Å². The maximum Gasteiger partial charge on any atom is 0.311 e. The van der Waals surface area contributed by atoms with Crippen LogP contribution in [0.4, 0.5) is 0 Å². The van der Waals surface area contributed by atoms with E-state index in [4.69, 9.17) is 15.6 Å². The molecule has 1 fully saturated rings. The van der Waals surface area contributed by atoms with E-state index in [2.05, 4.69) is 5.32 Å².